The quantitative estimate of drug-likeness (QED) is 0.907. The molecule has 20 heavy (non-hydrogen) atoms. The summed E-state index contributed by atoms with van der Waals surface area (Å²) in [5, 5.41) is 4.09. The Hall–Kier alpha value is -0.920. The molecule has 1 aliphatic rings. The number of nitrogens with two attached hydrogens (primary N) is 1. The fourth-order valence-corrected chi connectivity index (χ4v) is 4.25. The molecular weight excluding hydrogens is 342 g/mol. The molecule has 2 aromatic rings. The smallest absolute Gasteiger partial charge is 0.271 e. The van der Waals surface area contributed by atoms with Gasteiger partial charge in [0.25, 0.3) is 5.89 Å². The van der Waals surface area contributed by atoms with Crippen molar-refractivity contribution in [2.75, 3.05) is 7.11 Å². The second-order valence-corrected chi connectivity index (χ2v) is 7.14. The summed E-state index contributed by atoms with van der Waals surface area (Å²) < 4.78 is 11.8. The minimum absolute atomic E-state index is 0.432. The molecule has 108 valence electrons. The Labute approximate surface area is 129 Å². The van der Waals surface area contributed by atoms with Crippen LogP contribution in [0.3, 0.4) is 0 Å². The van der Waals surface area contributed by atoms with E-state index in [0.29, 0.717) is 11.7 Å². The van der Waals surface area contributed by atoms with E-state index in [2.05, 4.69) is 26.1 Å². The molecule has 5 nitrogen and oxygen atoms in total. The number of methoxy groups -OCH3 is 1. The highest BCUT2D eigenvalue weighted by molar-refractivity contribution is 9.10. The van der Waals surface area contributed by atoms with Gasteiger partial charge in [0, 0.05) is 4.88 Å². The van der Waals surface area contributed by atoms with Crippen molar-refractivity contribution in [2.45, 2.75) is 38.1 Å². The summed E-state index contributed by atoms with van der Waals surface area (Å²) in [4.78, 5) is 6.46. The van der Waals surface area contributed by atoms with Crippen LogP contribution < -0.4 is 10.5 Å². The molecule has 0 radical (unpaired) electrons. The lowest BCUT2D eigenvalue weighted by Crippen LogP contribution is -2.34. The summed E-state index contributed by atoms with van der Waals surface area (Å²) in [5.74, 6) is 1.82. The van der Waals surface area contributed by atoms with Crippen LogP contribution in [-0.4, -0.2) is 17.3 Å². The fourth-order valence-electron chi connectivity index (χ4n) is 2.57. The molecule has 1 aliphatic carbocycles. The maximum Gasteiger partial charge on any atom is 0.271 e. The molecule has 0 saturated heterocycles. The van der Waals surface area contributed by atoms with E-state index in [9.17, 15) is 0 Å². The number of rotatable bonds is 3. The van der Waals surface area contributed by atoms with E-state index in [0.717, 1.165) is 45.7 Å². The van der Waals surface area contributed by atoms with Crippen molar-refractivity contribution in [1.82, 2.24) is 10.1 Å². The third-order valence-electron chi connectivity index (χ3n) is 3.74. The molecular formula is C13H16BrN3O2S. The number of aryl methyl sites for hydroxylation is 1. The Kier molecular flexibility index (Phi) is 3.60. The van der Waals surface area contributed by atoms with Crippen molar-refractivity contribution in [1.29, 1.82) is 0 Å². The van der Waals surface area contributed by atoms with Gasteiger partial charge in [-0.15, -0.1) is 11.3 Å². The Bertz CT molecular complexity index is 632. The Morgan fingerprint density at radius 2 is 2.10 bits per heavy atom. The standard InChI is InChI=1S/C13H16BrN3O2S/c1-7-8(14)9(18-2)10(20-7)11-16-12(17-19-11)13(15)5-3-4-6-13/h3-6,15H2,1-2H3. The summed E-state index contributed by atoms with van der Waals surface area (Å²) >= 11 is 5.08. The molecule has 3 rings (SSSR count). The van der Waals surface area contributed by atoms with Crippen LogP contribution in [0.5, 0.6) is 5.75 Å². The number of hydrogen-bond donors (Lipinski definition) is 1. The second-order valence-electron chi connectivity index (χ2n) is 5.12. The van der Waals surface area contributed by atoms with Crippen LogP contribution in [0.15, 0.2) is 9.00 Å². The van der Waals surface area contributed by atoms with Crippen LogP contribution in [0.2, 0.25) is 0 Å². The first-order chi connectivity index (χ1) is 9.55. The van der Waals surface area contributed by atoms with Crippen molar-refractivity contribution in [3.8, 4) is 16.5 Å². The van der Waals surface area contributed by atoms with E-state index in [1.807, 2.05) is 6.92 Å². The summed E-state index contributed by atoms with van der Waals surface area (Å²) in [6.45, 7) is 2.01. The lowest BCUT2D eigenvalue weighted by molar-refractivity contribution is 0.371. The molecule has 2 heterocycles. The molecule has 1 saturated carbocycles. The van der Waals surface area contributed by atoms with Crippen LogP contribution in [-0.2, 0) is 5.54 Å². The van der Waals surface area contributed by atoms with Crippen molar-refractivity contribution in [3.63, 3.8) is 0 Å². The summed E-state index contributed by atoms with van der Waals surface area (Å²) in [5.41, 5.74) is 5.92. The maximum atomic E-state index is 6.36. The first-order valence-corrected chi connectivity index (χ1v) is 8.12. The minimum Gasteiger partial charge on any atom is -0.494 e. The van der Waals surface area contributed by atoms with E-state index in [-0.39, 0.29) is 0 Å². The van der Waals surface area contributed by atoms with Crippen LogP contribution in [0.1, 0.15) is 36.4 Å². The van der Waals surface area contributed by atoms with Gasteiger partial charge in [-0.1, -0.05) is 18.0 Å². The van der Waals surface area contributed by atoms with Crippen LogP contribution >= 0.6 is 27.3 Å². The summed E-state index contributed by atoms with van der Waals surface area (Å²) in [7, 11) is 1.63. The number of thiophene rings is 1. The Balaban J connectivity index is 2.00. The predicted octanol–water partition coefficient (Wildman–Crippen LogP) is 3.61. The van der Waals surface area contributed by atoms with Gasteiger partial charge < -0.3 is 15.0 Å². The first-order valence-electron chi connectivity index (χ1n) is 6.51. The van der Waals surface area contributed by atoms with Crippen molar-refractivity contribution in [3.05, 3.63) is 15.2 Å². The van der Waals surface area contributed by atoms with Gasteiger partial charge in [-0.2, -0.15) is 4.98 Å². The molecule has 0 aromatic carbocycles. The van der Waals surface area contributed by atoms with Crippen molar-refractivity contribution in [2.24, 2.45) is 5.73 Å². The second kappa shape index (κ2) is 5.13. The van der Waals surface area contributed by atoms with Crippen LogP contribution in [0.25, 0.3) is 10.8 Å². The zero-order valence-electron chi connectivity index (χ0n) is 11.4. The van der Waals surface area contributed by atoms with Gasteiger partial charge in [-0.3, -0.25) is 0 Å². The Morgan fingerprint density at radius 1 is 1.40 bits per heavy atom. The van der Waals surface area contributed by atoms with Crippen LogP contribution in [0, 0.1) is 6.92 Å². The number of nitrogens with zero attached hydrogens (tertiary/aromatic N) is 2. The molecule has 0 amide bonds. The van der Waals surface area contributed by atoms with Crippen LogP contribution in [0.4, 0.5) is 0 Å². The SMILES string of the molecule is COc1c(-c2nc(C3(N)CCCC3)no2)sc(C)c1Br. The largest absolute Gasteiger partial charge is 0.494 e. The third-order valence-corrected chi connectivity index (χ3v) is 6.03. The molecule has 2 aromatic heterocycles. The van der Waals surface area contributed by atoms with Crippen molar-refractivity contribution >= 4 is 27.3 Å². The van der Waals surface area contributed by atoms with E-state index >= 15 is 0 Å². The lowest BCUT2D eigenvalue weighted by atomic mass is 9.99. The normalized spacial score (nSPS) is 17.6. The number of hydrogen-bond acceptors (Lipinski definition) is 6. The van der Waals surface area contributed by atoms with Gasteiger partial charge in [0.2, 0.25) is 0 Å². The minimum atomic E-state index is -0.432. The molecule has 0 bridgehead atoms. The highest BCUT2D eigenvalue weighted by Gasteiger charge is 2.36. The zero-order valence-corrected chi connectivity index (χ0v) is 13.8. The van der Waals surface area contributed by atoms with Gasteiger partial charge in [0.15, 0.2) is 11.6 Å². The molecule has 2 N–H and O–H groups in total. The lowest BCUT2D eigenvalue weighted by Gasteiger charge is -2.17. The molecule has 0 unspecified atom stereocenters. The third kappa shape index (κ3) is 2.17. The molecule has 7 heteroatoms. The fraction of sp³-hybridized carbons (Fsp3) is 0.538. The molecule has 0 aliphatic heterocycles. The summed E-state index contributed by atoms with van der Waals surface area (Å²) in [6, 6.07) is 0. The van der Waals surface area contributed by atoms with Crippen molar-refractivity contribution < 1.29 is 9.26 Å². The van der Waals surface area contributed by atoms with Gasteiger partial charge >= 0.3 is 0 Å². The van der Waals surface area contributed by atoms with E-state index in [4.69, 9.17) is 15.0 Å². The Morgan fingerprint density at radius 3 is 2.75 bits per heavy atom. The maximum absolute atomic E-state index is 6.36. The number of halogens is 1. The molecule has 0 atom stereocenters. The van der Waals surface area contributed by atoms with Gasteiger partial charge in [0.05, 0.1) is 17.1 Å². The first kappa shape index (κ1) is 14.0. The number of aromatic nitrogens is 2. The van der Waals surface area contributed by atoms with E-state index in [1.165, 1.54) is 0 Å². The number of ether oxygens (including phenoxy) is 1. The topological polar surface area (TPSA) is 74.2 Å². The predicted molar refractivity (Wildman–Crippen MR) is 80.9 cm³/mol. The monoisotopic (exact) mass is 357 g/mol. The molecule has 1 fully saturated rings. The van der Waals surface area contributed by atoms with Gasteiger partial charge in [-0.25, -0.2) is 0 Å². The average Bonchev–Trinajstić information content (AvgIpc) is 3.11. The summed E-state index contributed by atoms with van der Waals surface area (Å²) in [6.07, 6.45) is 4.06. The van der Waals surface area contributed by atoms with Gasteiger partial charge in [-0.05, 0) is 35.7 Å². The highest BCUT2D eigenvalue weighted by atomic mass is 79.9. The highest BCUT2D eigenvalue weighted by Crippen LogP contribution is 2.45. The van der Waals surface area contributed by atoms with E-state index < -0.39 is 5.54 Å². The van der Waals surface area contributed by atoms with E-state index in [1.54, 1.807) is 18.4 Å². The average molecular weight is 358 g/mol. The molecule has 0 spiro atoms. The van der Waals surface area contributed by atoms with Gasteiger partial charge in [0.1, 0.15) is 4.88 Å². The zero-order chi connectivity index (χ0) is 14.3.